The summed E-state index contributed by atoms with van der Waals surface area (Å²) in [5, 5.41) is 12.4. The van der Waals surface area contributed by atoms with E-state index in [1.165, 1.54) is 12.8 Å². The highest BCUT2D eigenvalue weighted by molar-refractivity contribution is 5.08. The summed E-state index contributed by atoms with van der Waals surface area (Å²) in [4.78, 5) is 2.17. The molecule has 1 fully saturated rings. The third kappa shape index (κ3) is 3.33. The standard InChI is InChI=1S/C10H19N3/c1-4-13(3)8-10(2,7-11)12-9-5-6-9/h9,12H,4-6,8H2,1-3H3. The lowest BCUT2D eigenvalue weighted by Crippen LogP contribution is -2.50. The fourth-order valence-corrected chi connectivity index (χ4v) is 1.44. The largest absolute Gasteiger partial charge is 0.304 e. The zero-order valence-electron chi connectivity index (χ0n) is 8.80. The Morgan fingerprint density at radius 1 is 1.62 bits per heavy atom. The molecule has 1 rings (SSSR count). The molecule has 0 bridgehead atoms. The van der Waals surface area contributed by atoms with Crippen LogP contribution in [0.2, 0.25) is 0 Å². The van der Waals surface area contributed by atoms with Gasteiger partial charge in [0.1, 0.15) is 5.54 Å². The average molecular weight is 181 g/mol. The maximum atomic E-state index is 9.07. The van der Waals surface area contributed by atoms with E-state index in [2.05, 4.69) is 23.2 Å². The van der Waals surface area contributed by atoms with Crippen molar-refractivity contribution in [2.45, 2.75) is 38.3 Å². The van der Waals surface area contributed by atoms with Gasteiger partial charge in [-0.15, -0.1) is 0 Å². The van der Waals surface area contributed by atoms with Gasteiger partial charge >= 0.3 is 0 Å². The van der Waals surface area contributed by atoms with Gasteiger partial charge in [0, 0.05) is 12.6 Å². The molecule has 1 aliphatic carbocycles. The molecule has 1 unspecified atom stereocenters. The Morgan fingerprint density at radius 3 is 2.62 bits per heavy atom. The van der Waals surface area contributed by atoms with E-state index in [4.69, 9.17) is 5.26 Å². The molecule has 1 aliphatic rings. The molecular formula is C10H19N3. The van der Waals surface area contributed by atoms with Crippen LogP contribution in [0.3, 0.4) is 0 Å². The predicted octanol–water partition coefficient (Wildman–Crippen LogP) is 0.972. The average Bonchev–Trinajstić information content (AvgIpc) is 2.88. The molecular weight excluding hydrogens is 162 g/mol. The maximum absolute atomic E-state index is 9.07. The number of hydrogen-bond acceptors (Lipinski definition) is 3. The Labute approximate surface area is 80.7 Å². The molecule has 1 atom stereocenters. The first-order valence-electron chi connectivity index (χ1n) is 4.97. The molecule has 0 spiro atoms. The highest BCUT2D eigenvalue weighted by Gasteiger charge is 2.32. The molecule has 0 aromatic carbocycles. The van der Waals surface area contributed by atoms with E-state index < -0.39 is 0 Å². The predicted molar refractivity (Wildman–Crippen MR) is 53.3 cm³/mol. The van der Waals surface area contributed by atoms with E-state index in [1.807, 2.05) is 14.0 Å². The van der Waals surface area contributed by atoms with Crippen LogP contribution in [-0.2, 0) is 0 Å². The van der Waals surface area contributed by atoms with Crippen molar-refractivity contribution in [1.29, 1.82) is 5.26 Å². The second-order valence-electron chi connectivity index (χ2n) is 4.19. The van der Waals surface area contributed by atoms with Gasteiger partial charge in [0.15, 0.2) is 0 Å². The zero-order valence-corrected chi connectivity index (χ0v) is 8.80. The van der Waals surface area contributed by atoms with Crippen LogP contribution in [0.15, 0.2) is 0 Å². The summed E-state index contributed by atoms with van der Waals surface area (Å²) in [6.07, 6.45) is 2.46. The van der Waals surface area contributed by atoms with Gasteiger partial charge in [0.05, 0.1) is 6.07 Å². The second-order valence-corrected chi connectivity index (χ2v) is 4.19. The van der Waals surface area contributed by atoms with Crippen LogP contribution < -0.4 is 5.32 Å². The quantitative estimate of drug-likeness (QED) is 0.687. The lowest BCUT2D eigenvalue weighted by atomic mass is 10.0. The Morgan fingerprint density at radius 2 is 2.23 bits per heavy atom. The number of hydrogen-bond donors (Lipinski definition) is 1. The molecule has 74 valence electrons. The highest BCUT2D eigenvalue weighted by Crippen LogP contribution is 2.22. The molecule has 13 heavy (non-hydrogen) atoms. The van der Waals surface area contributed by atoms with Crippen molar-refractivity contribution < 1.29 is 0 Å². The number of nitriles is 1. The minimum absolute atomic E-state index is 0.369. The number of nitrogens with one attached hydrogen (secondary N) is 1. The summed E-state index contributed by atoms with van der Waals surface area (Å²) in [5.41, 5.74) is -0.369. The summed E-state index contributed by atoms with van der Waals surface area (Å²) < 4.78 is 0. The molecule has 3 heteroatoms. The minimum Gasteiger partial charge on any atom is -0.304 e. The third-order valence-corrected chi connectivity index (χ3v) is 2.47. The topological polar surface area (TPSA) is 39.1 Å². The van der Waals surface area contributed by atoms with Gasteiger partial charge in [0.2, 0.25) is 0 Å². The van der Waals surface area contributed by atoms with E-state index in [-0.39, 0.29) is 5.54 Å². The SMILES string of the molecule is CCN(C)CC(C)(C#N)NC1CC1. The molecule has 0 radical (unpaired) electrons. The third-order valence-electron chi connectivity index (χ3n) is 2.47. The van der Waals surface area contributed by atoms with Gasteiger partial charge in [-0.25, -0.2) is 0 Å². The number of likely N-dealkylation sites (N-methyl/N-ethyl adjacent to an activating group) is 1. The van der Waals surface area contributed by atoms with Crippen molar-refractivity contribution >= 4 is 0 Å². The smallest absolute Gasteiger partial charge is 0.116 e. The molecule has 1 N–H and O–H groups in total. The fourth-order valence-electron chi connectivity index (χ4n) is 1.44. The summed E-state index contributed by atoms with van der Waals surface area (Å²) in [7, 11) is 2.05. The fraction of sp³-hybridized carbons (Fsp3) is 0.900. The second kappa shape index (κ2) is 4.08. The van der Waals surface area contributed by atoms with E-state index in [0.29, 0.717) is 6.04 Å². The van der Waals surface area contributed by atoms with Gasteiger partial charge in [-0.3, -0.25) is 5.32 Å². The number of rotatable bonds is 5. The molecule has 0 saturated heterocycles. The van der Waals surface area contributed by atoms with E-state index in [1.54, 1.807) is 0 Å². The van der Waals surface area contributed by atoms with Crippen LogP contribution in [0.4, 0.5) is 0 Å². The van der Waals surface area contributed by atoms with E-state index in [9.17, 15) is 0 Å². The molecule has 1 saturated carbocycles. The summed E-state index contributed by atoms with van der Waals surface area (Å²) in [5.74, 6) is 0. The van der Waals surface area contributed by atoms with Crippen molar-refractivity contribution in [3.05, 3.63) is 0 Å². The van der Waals surface area contributed by atoms with Gasteiger partial charge in [-0.1, -0.05) is 6.92 Å². The van der Waals surface area contributed by atoms with Crippen molar-refractivity contribution in [3.8, 4) is 6.07 Å². The summed E-state index contributed by atoms with van der Waals surface area (Å²) >= 11 is 0. The molecule has 0 aromatic rings. The van der Waals surface area contributed by atoms with Crippen LogP contribution in [0.1, 0.15) is 26.7 Å². The van der Waals surface area contributed by atoms with Gasteiger partial charge in [-0.05, 0) is 33.4 Å². The first-order valence-corrected chi connectivity index (χ1v) is 4.97. The van der Waals surface area contributed by atoms with E-state index in [0.717, 1.165) is 13.1 Å². The lowest BCUT2D eigenvalue weighted by Gasteiger charge is -2.28. The normalized spacial score (nSPS) is 21.2. The monoisotopic (exact) mass is 181 g/mol. The zero-order chi connectivity index (χ0) is 9.90. The molecule has 0 aromatic heterocycles. The van der Waals surface area contributed by atoms with Crippen molar-refractivity contribution in [2.24, 2.45) is 0 Å². The van der Waals surface area contributed by atoms with Crippen LogP contribution in [0.5, 0.6) is 0 Å². The van der Waals surface area contributed by atoms with Crippen molar-refractivity contribution in [2.75, 3.05) is 20.1 Å². The van der Waals surface area contributed by atoms with Gasteiger partial charge in [0.25, 0.3) is 0 Å². The first kappa shape index (κ1) is 10.5. The molecule has 3 nitrogen and oxygen atoms in total. The Bertz CT molecular complexity index is 205. The van der Waals surface area contributed by atoms with Crippen molar-refractivity contribution in [3.63, 3.8) is 0 Å². The van der Waals surface area contributed by atoms with Crippen LogP contribution in [0, 0.1) is 11.3 Å². The molecule has 0 heterocycles. The minimum atomic E-state index is -0.369. The Kier molecular flexibility index (Phi) is 3.29. The first-order chi connectivity index (χ1) is 6.09. The highest BCUT2D eigenvalue weighted by atomic mass is 15.2. The Hall–Kier alpha value is -0.590. The van der Waals surface area contributed by atoms with E-state index >= 15 is 0 Å². The maximum Gasteiger partial charge on any atom is 0.116 e. The van der Waals surface area contributed by atoms with Crippen LogP contribution >= 0.6 is 0 Å². The van der Waals surface area contributed by atoms with Gasteiger partial charge < -0.3 is 4.90 Å². The lowest BCUT2D eigenvalue weighted by molar-refractivity contribution is 0.269. The summed E-state index contributed by atoms with van der Waals surface area (Å²) in [6, 6.07) is 2.95. The van der Waals surface area contributed by atoms with Crippen LogP contribution in [0.25, 0.3) is 0 Å². The summed E-state index contributed by atoms with van der Waals surface area (Å²) in [6.45, 7) is 5.88. The van der Waals surface area contributed by atoms with Crippen molar-refractivity contribution in [1.82, 2.24) is 10.2 Å². The number of nitrogens with zero attached hydrogens (tertiary/aromatic N) is 2. The Balaban J connectivity index is 2.42. The molecule has 0 amide bonds. The van der Waals surface area contributed by atoms with Gasteiger partial charge in [-0.2, -0.15) is 5.26 Å². The van der Waals surface area contributed by atoms with Crippen LogP contribution in [-0.4, -0.2) is 36.6 Å². The molecule has 0 aliphatic heterocycles.